The smallest absolute Gasteiger partial charge is 0.161 e. The SMILES string of the molecule is CCOc1ccc(C(Br)c2ccc(CC)s2)cc1OCC. The van der Waals surface area contributed by atoms with Gasteiger partial charge in [0.2, 0.25) is 0 Å². The third-order valence-electron chi connectivity index (χ3n) is 3.14. The van der Waals surface area contributed by atoms with E-state index in [0.717, 1.165) is 17.9 Å². The van der Waals surface area contributed by atoms with Gasteiger partial charge >= 0.3 is 0 Å². The molecule has 0 amide bonds. The van der Waals surface area contributed by atoms with Gasteiger partial charge in [-0.1, -0.05) is 28.9 Å². The first-order chi connectivity index (χ1) is 10.2. The predicted octanol–water partition coefficient (Wildman–Crippen LogP) is 5.59. The Hall–Kier alpha value is -1.00. The number of hydrogen-bond donors (Lipinski definition) is 0. The van der Waals surface area contributed by atoms with Crippen LogP contribution in [-0.4, -0.2) is 13.2 Å². The Balaban J connectivity index is 2.27. The first kappa shape index (κ1) is 16.4. The molecule has 0 radical (unpaired) electrons. The van der Waals surface area contributed by atoms with Gasteiger partial charge in [0, 0.05) is 9.75 Å². The highest BCUT2D eigenvalue weighted by Crippen LogP contribution is 2.39. The van der Waals surface area contributed by atoms with Crippen LogP contribution in [-0.2, 0) is 6.42 Å². The molecule has 1 aromatic carbocycles. The van der Waals surface area contributed by atoms with Gasteiger partial charge in [-0.25, -0.2) is 0 Å². The van der Waals surface area contributed by atoms with E-state index in [4.69, 9.17) is 9.47 Å². The molecule has 0 aliphatic rings. The van der Waals surface area contributed by atoms with Crippen molar-refractivity contribution in [2.45, 2.75) is 32.0 Å². The van der Waals surface area contributed by atoms with Gasteiger partial charge in [-0.3, -0.25) is 0 Å². The van der Waals surface area contributed by atoms with Crippen LogP contribution in [0.3, 0.4) is 0 Å². The van der Waals surface area contributed by atoms with Gasteiger partial charge in [-0.15, -0.1) is 11.3 Å². The second-order valence-corrected chi connectivity index (χ2v) is 6.71. The molecule has 2 rings (SSSR count). The Kier molecular flexibility index (Phi) is 6.12. The highest BCUT2D eigenvalue weighted by Gasteiger charge is 2.15. The molecular formula is C17H21BrO2S. The minimum absolute atomic E-state index is 0.192. The maximum Gasteiger partial charge on any atom is 0.161 e. The van der Waals surface area contributed by atoms with Gasteiger partial charge in [0.15, 0.2) is 11.5 Å². The van der Waals surface area contributed by atoms with Crippen LogP contribution in [0.4, 0.5) is 0 Å². The van der Waals surface area contributed by atoms with Crippen molar-refractivity contribution in [3.05, 3.63) is 45.6 Å². The zero-order valence-corrected chi connectivity index (χ0v) is 15.1. The molecule has 0 saturated heterocycles. The Morgan fingerprint density at radius 3 is 2.33 bits per heavy atom. The summed E-state index contributed by atoms with van der Waals surface area (Å²) in [6.45, 7) is 7.43. The van der Waals surface area contributed by atoms with E-state index in [1.54, 1.807) is 0 Å². The van der Waals surface area contributed by atoms with E-state index < -0.39 is 0 Å². The molecule has 0 spiro atoms. The summed E-state index contributed by atoms with van der Waals surface area (Å²) in [7, 11) is 0. The first-order valence-corrected chi connectivity index (χ1v) is 9.05. The summed E-state index contributed by atoms with van der Waals surface area (Å²) in [5, 5.41) is 0. The van der Waals surface area contributed by atoms with Crippen molar-refractivity contribution >= 4 is 27.3 Å². The lowest BCUT2D eigenvalue weighted by Gasteiger charge is -2.14. The van der Waals surface area contributed by atoms with E-state index in [-0.39, 0.29) is 4.83 Å². The van der Waals surface area contributed by atoms with Crippen molar-refractivity contribution in [1.82, 2.24) is 0 Å². The van der Waals surface area contributed by atoms with Crippen molar-refractivity contribution in [3.63, 3.8) is 0 Å². The predicted molar refractivity (Wildman–Crippen MR) is 93.2 cm³/mol. The van der Waals surface area contributed by atoms with Crippen molar-refractivity contribution in [2.24, 2.45) is 0 Å². The first-order valence-electron chi connectivity index (χ1n) is 7.31. The van der Waals surface area contributed by atoms with Crippen molar-refractivity contribution in [3.8, 4) is 11.5 Å². The van der Waals surface area contributed by atoms with E-state index >= 15 is 0 Å². The number of aryl methyl sites for hydroxylation is 1. The number of thiophene rings is 1. The molecule has 1 unspecified atom stereocenters. The van der Waals surface area contributed by atoms with Gasteiger partial charge in [-0.05, 0) is 50.1 Å². The maximum atomic E-state index is 5.70. The van der Waals surface area contributed by atoms with Crippen LogP contribution in [0.5, 0.6) is 11.5 Å². The molecule has 0 N–H and O–H groups in total. The largest absolute Gasteiger partial charge is 0.490 e. The molecule has 0 fully saturated rings. The monoisotopic (exact) mass is 368 g/mol. The van der Waals surface area contributed by atoms with Crippen molar-refractivity contribution in [1.29, 1.82) is 0 Å². The summed E-state index contributed by atoms with van der Waals surface area (Å²) in [5.74, 6) is 1.62. The van der Waals surface area contributed by atoms with Gasteiger partial charge in [0.25, 0.3) is 0 Å². The quantitative estimate of drug-likeness (QED) is 0.592. The van der Waals surface area contributed by atoms with Crippen LogP contribution < -0.4 is 9.47 Å². The fourth-order valence-electron chi connectivity index (χ4n) is 2.11. The minimum atomic E-state index is 0.192. The molecular weight excluding hydrogens is 348 g/mol. The van der Waals surface area contributed by atoms with Crippen LogP contribution in [0.25, 0.3) is 0 Å². The molecule has 0 aliphatic carbocycles. The Bertz CT molecular complexity index is 580. The van der Waals surface area contributed by atoms with Crippen LogP contribution in [0, 0.1) is 0 Å². The molecule has 21 heavy (non-hydrogen) atoms. The molecule has 0 saturated carbocycles. The topological polar surface area (TPSA) is 18.5 Å². The lowest BCUT2D eigenvalue weighted by atomic mass is 10.1. The van der Waals surface area contributed by atoms with Crippen molar-refractivity contribution in [2.75, 3.05) is 13.2 Å². The Morgan fingerprint density at radius 2 is 1.71 bits per heavy atom. The highest BCUT2D eigenvalue weighted by molar-refractivity contribution is 9.09. The van der Waals surface area contributed by atoms with Crippen molar-refractivity contribution < 1.29 is 9.47 Å². The molecule has 1 heterocycles. The number of alkyl halides is 1. The van der Waals surface area contributed by atoms with Gasteiger partial charge in [0.05, 0.1) is 18.0 Å². The fourth-order valence-corrected chi connectivity index (χ4v) is 3.79. The normalized spacial score (nSPS) is 12.2. The standard InChI is InChI=1S/C17H21BrO2S/c1-4-13-8-10-16(21-13)17(18)12-7-9-14(19-5-2)15(11-12)20-6-3/h7-11,17H,4-6H2,1-3H3. The molecule has 0 bridgehead atoms. The number of halogens is 1. The van der Waals surface area contributed by atoms with Crippen LogP contribution >= 0.6 is 27.3 Å². The molecule has 4 heteroatoms. The summed E-state index contributed by atoms with van der Waals surface area (Å²) >= 11 is 5.65. The average Bonchev–Trinajstić information content (AvgIpc) is 2.98. The second-order valence-electron chi connectivity index (χ2n) is 4.59. The summed E-state index contributed by atoms with van der Waals surface area (Å²) < 4.78 is 11.3. The fraction of sp³-hybridized carbons (Fsp3) is 0.412. The van der Waals surface area contributed by atoms with Gasteiger partial charge < -0.3 is 9.47 Å². The minimum Gasteiger partial charge on any atom is -0.490 e. The lowest BCUT2D eigenvalue weighted by Crippen LogP contribution is -2.00. The van der Waals surface area contributed by atoms with E-state index in [9.17, 15) is 0 Å². The maximum absolute atomic E-state index is 5.70. The summed E-state index contributed by atoms with van der Waals surface area (Å²) in [6, 6.07) is 10.6. The average molecular weight is 369 g/mol. The van der Waals surface area contributed by atoms with Gasteiger partial charge in [0.1, 0.15) is 0 Å². The Morgan fingerprint density at radius 1 is 1.00 bits per heavy atom. The number of ether oxygens (including phenoxy) is 2. The molecule has 2 aromatic rings. The van der Waals surface area contributed by atoms with Crippen LogP contribution in [0.2, 0.25) is 0 Å². The molecule has 2 nitrogen and oxygen atoms in total. The molecule has 1 aromatic heterocycles. The van der Waals surface area contributed by atoms with E-state index in [0.29, 0.717) is 13.2 Å². The number of hydrogen-bond acceptors (Lipinski definition) is 3. The summed E-state index contributed by atoms with van der Waals surface area (Å²) in [5.41, 5.74) is 1.19. The zero-order chi connectivity index (χ0) is 15.2. The third kappa shape index (κ3) is 4.01. The highest BCUT2D eigenvalue weighted by atomic mass is 79.9. The molecule has 1 atom stereocenters. The van der Waals surface area contributed by atoms with Crippen LogP contribution in [0.15, 0.2) is 30.3 Å². The van der Waals surface area contributed by atoms with E-state index in [1.165, 1.54) is 15.3 Å². The third-order valence-corrected chi connectivity index (χ3v) is 5.76. The summed E-state index contributed by atoms with van der Waals surface area (Å²) in [6.07, 6.45) is 1.08. The zero-order valence-electron chi connectivity index (χ0n) is 12.7. The van der Waals surface area contributed by atoms with E-state index in [1.807, 2.05) is 31.3 Å². The molecule has 0 aliphatic heterocycles. The number of rotatable bonds is 7. The lowest BCUT2D eigenvalue weighted by molar-refractivity contribution is 0.287. The molecule has 114 valence electrons. The Labute approximate surface area is 139 Å². The number of benzene rings is 1. The van der Waals surface area contributed by atoms with Gasteiger partial charge in [-0.2, -0.15) is 0 Å². The second kappa shape index (κ2) is 7.85. The van der Waals surface area contributed by atoms with Crippen LogP contribution in [0.1, 0.15) is 40.9 Å². The summed E-state index contributed by atoms with van der Waals surface area (Å²) in [4.78, 5) is 2.92. The van der Waals surface area contributed by atoms with E-state index in [2.05, 4.69) is 47.1 Å².